The van der Waals surface area contributed by atoms with Crippen molar-refractivity contribution in [2.45, 2.75) is 51.6 Å². The van der Waals surface area contributed by atoms with Gasteiger partial charge in [0.2, 0.25) is 11.8 Å². The van der Waals surface area contributed by atoms with Gasteiger partial charge >= 0.3 is 0 Å². The molecule has 2 atom stereocenters. The van der Waals surface area contributed by atoms with E-state index in [1.54, 1.807) is 0 Å². The summed E-state index contributed by atoms with van der Waals surface area (Å²) in [5.41, 5.74) is 0. The molecule has 2 amide bonds. The normalized spacial score (nSPS) is 31.7. The van der Waals surface area contributed by atoms with Crippen molar-refractivity contribution in [1.29, 1.82) is 0 Å². The topological polar surface area (TPSA) is 58.6 Å². The van der Waals surface area contributed by atoms with E-state index in [2.05, 4.69) is 5.32 Å². The lowest BCUT2D eigenvalue weighted by Gasteiger charge is -2.42. The molecule has 3 aliphatic rings. The molecule has 1 N–H and O–H groups in total. The van der Waals surface area contributed by atoms with Crippen molar-refractivity contribution in [3.05, 3.63) is 0 Å². The summed E-state index contributed by atoms with van der Waals surface area (Å²) >= 11 is 0. The minimum atomic E-state index is -0.354. The lowest BCUT2D eigenvalue weighted by molar-refractivity contribution is -0.152. The zero-order chi connectivity index (χ0) is 15.0. The van der Waals surface area contributed by atoms with Gasteiger partial charge in [0.15, 0.2) is 0 Å². The van der Waals surface area contributed by atoms with Crippen LogP contribution in [-0.2, 0) is 14.3 Å². The molecule has 0 aromatic carbocycles. The third-order valence-corrected chi connectivity index (χ3v) is 4.98. The first kappa shape index (κ1) is 14.8. The number of carbonyl (C=O) groups excluding carboxylic acids is 2. The molecule has 118 valence electrons. The van der Waals surface area contributed by atoms with Crippen molar-refractivity contribution in [3.8, 4) is 0 Å². The summed E-state index contributed by atoms with van der Waals surface area (Å²) in [7, 11) is 0. The van der Waals surface area contributed by atoms with Gasteiger partial charge in [-0.3, -0.25) is 9.59 Å². The number of amides is 2. The van der Waals surface area contributed by atoms with E-state index < -0.39 is 0 Å². The van der Waals surface area contributed by atoms with E-state index in [9.17, 15) is 9.59 Å². The number of rotatable bonds is 4. The van der Waals surface area contributed by atoms with Crippen molar-refractivity contribution in [2.24, 2.45) is 17.8 Å². The maximum absolute atomic E-state index is 12.8. The highest BCUT2D eigenvalue weighted by Crippen LogP contribution is 2.38. The van der Waals surface area contributed by atoms with Crippen molar-refractivity contribution < 1.29 is 14.3 Å². The molecule has 5 heteroatoms. The highest BCUT2D eigenvalue weighted by Gasteiger charge is 2.48. The van der Waals surface area contributed by atoms with Gasteiger partial charge in [0.05, 0.1) is 0 Å². The van der Waals surface area contributed by atoms with E-state index in [0.29, 0.717) is 11.8 Å². The number of nitrogens with one attached hydrogen (secondary N) is 1. The Balaban J connectivity index is 1.76. The maximum Gasteiger partial charge on any atom is 0.246 e. The van der Waals surface area contributed by atoms with Crippen LogP contribution in [0.4, 0.5) is 0 Å². The first-order valence-electron chi connectivity index (χ1n) is 8.26. The highest BCUT2D eigenvalue weighted by atomic mass is 16.5. The molecule has 0 aromatic rings. The summed E-state index contributed by atoms with van der Waals surface area (Å²) in [4.78, 5) is 27.2. The molecular weight excluding hydrogens is 268 g/mol. The summed E-state index contributed by atoms with van der Waals surface area (Å²) < 4.78 is 5.40. The maximum atomic E-state index is 12.8. The summed E-state index contributed by atoms with van der Waals surface area (Å²) in [6.45, 7) is 6.26. The Kier molecular flexibility index (Phi) is 4.20. The van der Waals surface area contributed by atoms with Gasteiger partial charge in [-0.1, -0.05) is 13.8 Å². The van der Waals surface area contributed by atoms with Crippen LogP contribution in [0.15, 0.2) is 0 Å². The molecule has 2 aliphatic heterocycles. The van der Waals surface area contributed by atoms with Crippen LogP contribution in [0.5, 0.6) is 0 Å². The highest BCUT2D eigenvalue weighted by molar-refractivity contribution is 5.97. The molecule has 0 bridgehead atoms. The summed E-state index contributed by atoms with van der Waals surface area (Å²) in [5.74, 6) is 1.17. The molecule has 1 aliphatic carbocycles. The van der Waals surface area contributed by atoms with Crippen LogP contribution in [0.2, 0.25) is 0 Å². The third kappa shape index (κ3) is 3.07. The Morgan fingerprint density at radius 3 is 2.43 bits per heavy atom. The SMILES string of the molecule is CC(C)C1NC(=O)C(C2CC2)N(CC2CCOCC2)C1=O. The van der Waals surface area contributed by atoms with Crippen molar-refractivity contribution in [2.75, 3.05) is 19.8 Å². The second-order valence-corrected chi connectivity index (χ2v) is 7.06. The Bertz CT molecular complexity index is 414. The lowest BCUT2D eigenvalue weighted by Crippen LogP contribution is -2.66. The van der Waals surface area contributed by atoms with Gasteiger partial charge in [0, 0.05) is 19.8 Å². The Labute approximate surface area is 126 Å². The van der Waals surface area contributed by atoms with Crippen LogP contribution in [-0.4, -0.2) is 48.6 Å². The van der Waals surface area contributed by atoms with Gasteiger partial charge in [-0.05, 0) is 43.4 Å². The predicted molar refractivity (Wildman–Crippen MR) is 78.5 cm³/mol. The first-order valence-corrected chi connectivity index (χ1v) is 8.26. The van der Waals surface area contributed by atoms with E-state index in [-0.39, 0.29) is 29.8 Å². The monoisotopic (exact) mass is 294 g/mol. The second-order valence-electron chi connectivity index (χ2n) is 7.06. The molecule has 21 heavy (non-hydrogen) atoms. The first-order chi connectivity index (χ1) is 10.1. The Morgan fingerprint density at radius 2 is 1.86 bits per heavy atom. The number of hydrogen-bond donors (Lipinski definition) is 1. The molecule has 0 spiro atoms. The van der Waals surface area contributed by atoms with Gasteiger partial charge in [-0.25, -0.2) is 0 Å². The van der Waals surface area contributed by atoms with Crippen molar-refractivity contribution in [3.63, 3.8) is 0 Å². The quantitative estimate of drug-likeness (QED) is 0.847. The minimum Gasteiger partial charge on any atom is -0.381 e. The number of nitrogens with zero attached hydrogens (tertiary/aromatic N) is 1. The Morgan fingerprint density at radius 1 is 1.19 bits per heavy atom. The van der Waals surface area contributed by atoms with E-state index in [0.717, 1.165) is 45.4 Å². The largest absolute Gasteiger partial charge is 0.381 e. The van der Waals surface area contributed by atoms with Gasteiger partial charge in [-0.15, -0.1) is 0 Å². The van der Waals surface area contributed by atoms with Gasteiger partial charge in [0.25, 0.3) is 0 Å². The van der Waals surface area contributed by atoms with Crippen LogP contribution in [0.1, 0.15) is 39.5 Å². The number of hydrogen-bond acceptors (Lipinski definition) is 3. The van der Waals surface area contributed by atoms with E-state index in [4.69, 9.17) is 4.74 Å². The lowest BCUT2D eigenvalue weighted by atomic mass is 9.92. The van der Waals surface area contributed by atoms with Crippen LogP contribution in [0.25, 0.3) is 0 Å². The molecule has 0 aromatic heterocycles. The fourth-order valence-electron chi connectivity index (χ4n) is 3.50. The fraction of sp³-hybridized carbons (Fsp3) is 0.875. The molecule has 3 rings (SSSR count). The van der Waals surface area contributed by atoms with E-state index >= 15 is 0 Å². The molecule has 3 fully saturated rings. The zero-order valence-electron chi connectivity index (χ0n) is 13.0. The van der Waals surface area contributed by atoms with Crippen LogP contribution in [0.3, 0.4) is 0 Å². The number of piperazine rings is 1. The van der Waals surface area contributed by atoms with Crippen LogP contribution in [0, 0.1) is 17.8 Å². The van der Waals surface area contributed by atoms with E-state index in [1.807, 2.05) is 18.7 Å². The standard InChI is InChI=1S/C16H26N2O3/c1-10(2)13-16(20)18(9-11-5-7-21-8-6-11)14(12-3-4-12)15(19)17-13/h10-14H,3-9H2,1-2H3,(H,17,19). The molecule has 2 heterocycles. The van der Waals surface area contributed by atoms with Crippen LogP contribution < -0.4 is 5.32 Å². The number of ether oxygens (including phenoxy) is 1. The van der Waals surface area contributed by atoms with Crippen LogP contribution >= 0.6 is 0 Å². The summed E-state index contributed by atoms with van der Waals surface area (Å²) in [6, 6.07) is -0.581. The van der Waals surface area contributed by atoms with Crippen molar-refractivity contribution in [1.82, 2.24) is 10.2 Å². The fourth-order valence-corrected chi connectivity index (χ4v) is 3.50. The zero-order valence-corrected chi connectivity index (χ0v) is 13.0. The van der Waals surface area contributed by atoms with Gasteiger partial charge in [-0.2, -0.15) is 0 Å². The molecule has 1 saturated carbocycles. The minimum absolute atomic E-state index is 0.0582. The van der Waals surface area contributed by atoms with Gasteiger partial charge in [0.1, 0.15) is 12.1 Å². The summed E-state index contributed by atoms with van der Waals surface area (Å²) in [5, 5.41) is 2.95. The summed E-state index contributed by atoms with van der Waals surface area (Å²) in [6.07, 6.45) is 4.13. The molecule has 0 radical (unpaired) electrons. The molecule has 2 unspecified atom stereocenters. The molecular formula is C16H26N2O3. The molecule has 5 nitrogen and oxygen atoms in total. The average Bonchev–Trinajstić information content (AvgIpc) is 3.28. The Hall–Kier alpha value is -1.10. The third-order valence-electron chi connectivity index (χ3n) is 4.98. The van der Waals surface area contributed by atoms with Gasteiger partial charge < -0.3 is 15.0 Å². The van der Waals surface area contributed by atoms with E-state index in [1.165, 1.54) is 0 Å². The second kappa shape index (κ2) is 5.95. The smallest absolute Gasteiger partial charge is 0.246 e. The van der Waals surface area contributed by atoms with Crippen molar-refractivity contribution >= 4 is 11.8 Å². The average molecular weight is 294 g/mol. The molecule has 2 saturated heterocycles. The predicted octanol–water partition coefficient (Wildman–Crippen LogP) is 1.17. The number of carbonyl (C=O) groups is 2.